The second-order valence-corrected chi connectivity index (χ2v) is 3.26. The molecule has 0 fully saturated rings. The molecule has 0 aromatic heterocycles. The van der Waals surface area contributed by atoms with E-state index in [9.17, 15) is 4.79 Å². The van der Waals surface area contributed by atoms with Crippen LogP contribution in [0.15, 0.2) is 18.2 Å². The van der Waals surface area contributed by atoms with Crippen LogP contribution in [-0.4, -0.2) is 19.5 Å². The average molecular weight is 218 g/mol. The summed E-state index contributed by atoms with van der Waals surface area (Å²) in [5.74, 6) is -0.0393. The maximum absolute atomic E-state index is 11.0. The van der Waals surface area contributed by atoms with Crippen LogP contribution >= 0.6 is 0 Å². The topological polar surface area (TPSA) is 90.9 Å². The number of rotatable bonds is 4. The average Bonchev–Trinajstić information content (AvgIpc) is 2.31. The van der Waals surface area contributed by atoms with Crippen LogP contribution in [0.4, 0.5) is 11.4 Å². The minimum absolute atomic E-state index is 0.0393. The Bertz CT molecular complexity index is 422. The van der Waals surface area contributed by atoms with E-state index in [1.54, 1.807) is 25.2 Å². The number of nitrogens with zero attached hydrogens (tertiary/aromatic N) is 1. The summed E-state index contributed by atoms with van der Waals surface area (Å²) in [6, 6.07) is 7.02. The smallest absolute Gasteiger partial charge is 0.221 e. The van der Waals surface area contributed by atoms with Crippen LogP contribution in [-0.2, 0) is 4.79 Å². The minimum atomic E-state index is -0.0393. The molecule has 0 aliphatic carbocycles. The second-order valence-electron chi connectivity index (χ2n) is 3.26. The number of anilines is 2. The molecule has 0 saturated heterocycles. The Kier molecular flexibility index (Phi) is 4.16. The van der Waals surface area contributed by atoms with E-state index in [4.69, 9.17) is 11.0 Å². The van der Waals surface area contributed by atoms with Gasteiger partial charge in [-0.2, -0.15) is 5.26 Å². The van der Waals surface area contributed by atoms with Crippen molar-refractivity contribution in [1.29, 1.82) is 5.26 Å². The van der Waals surface area contributed by atoms with Crippen molar-refractivity contribution in [3.63, 3.8) is 0 Å². The Hall–Kier alpha value is -2.22. The molecule has 0 spiro atoms. The van der Waals surface area contributed by atoms with Gasteiger partial charge in [-0.3, -0.25) is 4.79 Å². The van der Waals surface area contributed by atoms with Gasteiger partial charge in [-0.1, -0.05) is 0 Å². The van der Waals surface area contributed by atoms with Crippen molar-refractivity contribution in [3.8, 4) is 6.07 Å². The summed E-state index contributed by atoms with van der Waals surface area (Å²) in [7, 11) is 1.59. The van der Waals surface area contributed by atoms with Gasteiger partial charge >= 0.3 is 0 Å². The zero-order valence-electron chi connectivity index (χ0n) is 9.08. The fraction of sp³-hybridized carbons (Fsp3) is 0.273. The van der Waals surface area contributed by atoms with Crippen LogP contribution < -0.4 is 16.4 Å². The van der Waals surface area contributed by atoms with Crippen molar-refractivity contribution in [2.45, 2.75) is 6.42 Å². The van der Waals surface area contributed by atoms with Gasteiger partial charge in [0.15, 0.2) is 0 Å². The molecular formula is C11H14N4O. The molecule has 0 aliphatic rings. The quantitative estimate of drug-likeness (QED) is 0.648. The highest BCUT2D eigenvalue weighted by Crippen LogP contribution is 2.19. The van der Waals surface area contributed by atoms with Gasteiger partial charge in [-0.15, -0.1) is 0 Å². The van der Waals surface area contributed by atoms with Crippen LogP contribution in [0.3, 0.4) is 0 Å². The first-order valence-corrected chi connectivity index (χ1v) is 4.91. The largest absolute Gasteiger partial charge is 0.397 e. The van der Waals surface area contributed by atoms with Crippen LogP contribution in [0, 0.1) is 11.3 Å². The molecular weight excluding hydrogens is 204 g/mol. The van der Waals surface area contributed by atoms with Gasteiger partial charge in [0.1, 0.15) is 0 Å². The lowest BCUT2D eigenvalue weighted by atomic mass is 10.2. The molecule has 0 bridgehead atoms. The van der Waals surface area contributed by atoms with E-state index in [1.807, 2.05) is 6.07 Å². The third-order valence-electron chi connectivity index (χ3n) is 2.13. The van der Waals surface area contributed by atoms with E-state index >= 15 is 0 Å². The Morgan fingerprint density at radius 3 is 2.94 bits per heavy atom. The van der Waals surface area contributed by atoms with Crippen molar-refractivity contribution >= 4 is 17.3 Å². The Balaban J connectivity index is 2.60. The standard InChI is InChI=1S/C11H14N4O/c1-14-11(16)4-5-15-10-6-8(7-12)2-3-9(10)13/h2-3,6,15H,4-5,13H2,1H3,(H,14,16). The number of nitrogens with two attached hydrogens (primary N) is 1. The minimum Gasteiger partial charge on any atom is -0.397 e. The lowest BCUT2D eigenvalue weighted by Crippen LogP contribution is -2.21. The highest BCUT2D eigenvalue weighted by Gasteiger charge is 2.02. The zero-order chi connectivity index (χ0) is 12.0. The van der Waals surface area contributed by atoms with E-state index in [0.29, 0.717) is 29.9 Å². The molecule has 1 rings (SSSR count). The molecule has 0 saturated carbocycles. The molecule has 0 radical (unpaired) electrons. The summed E-state index contributed by atoms with van der Waals surface area (Å²) < 4.78 is 0. The monoisotopic (exact) mass is 218 g/mol. The van der Waals surface area contributed by atoms with Crippen LogP contribution in [0.1, 0.15) is 12.0 Å². The highest BCUT2D eigenvalue weighted by molar-refractivity contribution is 5.76. The summed E-state index contributed by atoms with van der Waals surface area (Å²) in [6.45, 7) is 0.485. The molecule has 84 valence electrons. The second kappa shape index (κ2) is 5.61. The number of carbonyl (C=O) groups is 1. The number of nitrogens with one attached hydrogen (secondary N) is 2. The van der Waals surface area contributed by atoms with E-state index in [-0.39, 0.29) is 5.91 Å². The van der Waals surface area contributed by atoms with Crippen LogP contribution in [0.25, 0.3) is 0 Å². The van der Waals surface area contributed by atoms with Crippen LogP contribution in [0.5, 0.6) is 0 Å². The summed E-state index contributed by atoms with van der Waals surface area (Å²) in [6.07, 6.45) is 0.368. The fourth-order valence-electron chi connectivity index (χ4n) is 1.21. The van der Waals surface area contributed by atoms with E-state index in [1.165, 1.54) is 0 Å². The molecule has 1 amide bonds. The molecule has 5 nitrogen and oxygen atoms in total. The lowest BCUT2D eigenvalue weighted by Gasteiger charge is -2.08. The normalized spacial score (nSPS) is 9.25. The molecule has 0 unspecified atom stereocenters. The van der Waals surface area contributed by atoms with E-state index in [0.717, 1.165) is 0 Å². The Morgan fingerprint density at radius 2 is 2.31 bits per heavy atom. The maximum Gasteiger partial charge on any atom is 0.221 e. The van der Waals surface area contributed by atoms with Gasteiger partial charge < -0.3 is 16.4 Å². The molecule has 16 heavy (non-hydrogen) atoms. The Labute approximate surface area is 94.2 Å². The molecule has 5 heteroatoms. The van der Waals surface area contributed by atoms with E-state index in [2.05, 4.69) is 10.6 Å². The highest BCUT2D eigenvalue weighted by atomic mass is 16.1. The molecule has 0 aliphatic heterocycles. The van der Waals surface area contributed by atoms with Crippen LogP contribution in [0.2, 0.25) is 0 Å². The Morgan fingerprint density at radius 1 is 1.56 bits per heavy atom. The van der Waals surface area contributed by atoms with Crippen molar-refractivity contribution in [1.82, 2.24) is 5.32 Å². The number of hydrogen-bond donors (Lipinski definition) is 3. The van der Waals surface area contributed by atoms with Crippen molar-refractivity contribution in [3.05, 3.63) is 23.8 Å². The molecule has 0 heterocycles. The van der Waals surface area contributed by atoms with Crippen molar-refractivity contribution < 1.29 is 4.79 Å². The number of hydrogen-bond acceptors (Lipinski definition) is 4. The summed E-state index contributed by atoms with van der Waals surface area (Å²) >= 11 is 0. The fourth-order valence-corrected chi connectivity index (χ4v) is 1.21. The lowest BCUT2D eigenvalue weighted by molar-refractivity contribution is -0.120. The first-order chi connectivity index (χ1) is 7.67. The van der Waals surface area contributed by atoms with Gasteiger partial charge in [0, 0.05) is 20.0 Å². The predicted molar refractivity (Wildman–Crippen MR) is 62.7 cm³/mol. The summed E-state index contributed by atoms with van der Waals surface area (Å²) in [5.41, 5.74) is 7.51. The first-order valence-electron chi connectivity index (χ1n) is 4.91. The zero-order valence-corrected chi connectivity index (χ0v) is 9.08. The third kappa shape index (κ3) is 3.17. The van der Waals surface area contributed by atoms with Gasteiger partial charge in [-0.25, -0.2) is 0 Å². The number of benzene rings is 1. The molecule has 1 aromatic carbocycles. The van der Waals surface area contributed by atoms with Gasteiger partial charge in [-0.05, 0) is 18.2 Å². The van der Waals surface area contributed by atoms with Crippen molar-refractivity contribution in [2.75, 3.05) is 24.6 Å². The first kappa shape index (κ1) is 11.9. The number of nitriles is 1. The maximum atomic E-state index is 11.0. The number of amides is 1. The number of nitrogen functional groups attached to an aromatic ring is 1. The number of carbonyl (C=O) groups excluding carboxylic acids is 1. The van der Waals surface area contributed by atoms with Gasteiger partial charge in [0.05, 0.1) is 23.0 Å². The van der Waals surface area contributed by atoms with E-state index < -0.39 is 0 Å². The molecule has 4 N–H and O–H groups in total. The third-order valence-corrected chi connectivity index (χ3v) is 2.13. The molecule has 0 atom stereocenters. The molecule has 1 aromatic rings. The summed E-state index contributed by atoms with van der Waals surface area (Å²) in [5, 5.41) is 14.3. The van der Waals surface area contributed by atoms with Gasteiger partial charge in [0.2, 0.25) is 5.91 Å². The van der Waals surface area contributed by atoms with Gasteiger partial charge in [0.25, 0.3) is 0 Å². The predicted octanol–water partition coefficient (Wildman–Crippen LogP) is 0.688. The SMILES string of the molecule is CNC(=O)CCNc1cc(C#N)ccc1N. The summed E-state index contributed by atoms with van der Waals surface area (Å²) in [4.78, 5) is 11.0. The van der Waals surface area contributed by atoms with Crippen molar-refractivity contribution in [2.24, 2.45) is 0 Å².